The maximum Gasteiger partial charge on any atom is 0.0921 e. The van der Waals surface area contributed by atoms with Gasteiger partial charge in [-0.3, -0.25) is 10.3 Å². The van der Waals surface area contributed by atoms with Crippen LogP contribution in [0.1, 0.15) is 33.1 Å². The zero-order valence-electron chi connectivity index (χ0n) is 9.74. The van der Waals surface area contributed by atoms with Crippen molar-refractivity contribution in [3.8, 4) is 0 Å². The molecule has 0 amide bonds. The molecule has 0 aromatic carbocycles. The van der Waals surface area contributed by atoms with E-state index in [4.69, 9.17) is 11.1 Å². The third kappa shape index (κ3) is 2.92. The Morgan fingerprint density at radius 1 is 1.67 bits per heavy atom. The molecule has 4 N–H and O–H groups in total. The van der Waals surface area contributed by atoms with Crippen LogP contribution in [0.2, 0.25) is 0 Å². The Balaban J connectivity index is 2.63. The Hall–Kier alpha value is -0.610. The van der Waals surface area contributed by atoms with E-state index in [2.05, 4.69) is 18.7 Å². The first-order valence-electron chi connectivity index (χ1n) is 5.79. The van der Waals surface area contributed by atoms with Crippen LogP contribution in [0.4, 0.5) is 0 Å². The third-order valence-corrected chi connectivity index (χ3v) is 3.51. The number of nitrogens with two attached hydrogens (primary N) is 1. The van der Waals surface area contributed by atoms with Crippen molar-refractivity contribution in [2.45, 2.75) is 45.2 Å². The van der Waals surface area contributed by atoms with Crippen molar-refractivity contribution >= 4 is 5.84 Å². The highest BCUT2D eigenvalue weighted by molar-refractivity contribution is 5.77. The molecule has 0 spiro atoms. The zero-order chi connectivity index (χ0) is 11.4. The lowest BCUT2D eigenvalue weighted by atomic mass is 10.0. The summed E-state index contributed by atoms with van der Waals surface area (Å²) in [5, 5.41) is 16.7. The molecule has 4 heteroatoms. The summed E-state index contributed by atoms with van der Waals surface area (Å²) in [6.45, 7) is 5.54. The highest BCUT2D eigenvalue weighted by Crippen LogP contribution is 2.27. The van der Waals surface area contributed by atoms with E-state index in [1.165, 1.54) is 0 Å². The largest absolute Gasteiger partial charge is 0.395 e. The first-order valence-corrected chi connectivity index (χ1v) is 5.79. The topological polar surface area (TPSA) is 73.3 Å². The highest BCUT2D eigenvalue weighted by Gasteiger charge is 2.34. The third-order valence-electron chi connectivity index (χ3n) is 3.51. The number of rotatable bonds is 5. The lowest BCUT2D eigenvalue weighted by Crippen LogP contribution is -2.44. The second-order valence-corrected chi connectivity index (χ2v) is 4.55. The average molecular weight is 213 g/mol. The van der Waals surface area contributed by atoms with Crippen LogP contribution in [0, 0.1) is 11.3 Å². The molecule has 3 atom stereocenters. The molecule has 0 aliphatic carbocycles. The summed E-state index contributed by atoms with van der Waals surface area (Å²) in [5.74, 6) is 0.800. The second-order valence-electron chi connectivity index (χ2n) is 4.55. The predicted molar refractivity (Wildman–Crippen MR) is 62.0 cm³/mol. The molecule has 4 nitrogen and oxygen atoms in total. The SMILES string of the molecule is CCC(CC(=N)N)N1CCC(C)C1CO. The van der Waals surface area contributed by atoms with Crippen molar-refractivity contribution < 1.29 is 5.11 Å². The van der Waals surface area contributed by atoms with Gasteiger partial charge in [0.15, 0.2) is 0 Å². The fraction of sp³-hybridized carbons (Fsp3) is 0.909. The summed E-state index contributed by atoms with van der Waals surface area (Å²) in [7, 11) is 0. The number of nitrogens with one attached hydrogen (secondary N) is 1. The molecular formula is C11H23N3O. The molecule has 15 heavy (non-hydrogen) atoms. The van der Waals surface area contributed by atoms with Crippen LogP contribution >= 0.6 is 0 Å². The minimum Gasteiger partial charge on any atom is -0.395 e. The summed E-state index contributed by atoms with van der Waals surface area (Å²) < 4.78 is 0. The monoisotopic (exact) mass is 213 g/mol. The quantitative estimate of drug-likeness (QED) is 0.467. The van der Waals surface area contributed by atoms with Crippen molar-refractivity contribution in [2.24, 2.45) is 11.7 Å². The van der Waals surface area contributed by atoms with Crippen molar-refractivity contribution in [3.63, 3.8) is 0 Å². The standard InChI is InChI=1S/C11H23N3O/c1-3-9(6-11(12)13)14-5-4-8(2)10(14)7-15/h8-10,15H,3-7H2,1-2H3,(H3,12,13). The smallest absolute Gasteiger partial charge is 0.0921 e. The van der Waals surface area contributed by atoms with Gasteiger partial charge in [0.05, 0.1) is 12.4 Å². The maximum absolute atomic E-state index is 9.36. The lowest BCUT2D eigenvalue weighted by molar-refractivity contribution is 0.103. The van der Waals surface area contributed by atoms with E-state index >= 15 is 0 Å². The molecule has 1 fully saturated rings. The van der Waals surface area contributed by atoms with E-state index in [9.17, 15) is 5.11 Å². The van der Waals surface area contributed by atoms with Gasteiger partial charge in [-0.2, -0.15) is 0 Å². The number of aliphatic hydroxyl groups excluding tert-OH is 1. The highest BCUT2D eigenvalue weighted by atomic mass is 16.3. The summed E-state index contributed by atoms with van der Waals surface area (Å²) in [6.07, 6.45) is 2.75. The minimum atomic E-state index is 0.218. The summed E-state index contributed by atoms with van der Waals surface area (Å²) in [5.41, 5.74) is 5.45. The molecule has 88 valence electrons. The van der Waals surface area contributed by atoms with Crippen LogP contribution in [0.5, 0.6) is 0 Å². The van der Waals surface area contributed by atoms with Gasteiger partial charge in [-0.15, -0.1) is 0 Å². The van der Waals surface area contributed by atoms with Gasteiger partial charge >= 0.3 is 0 Å². The van der Waals surface area contributed by atoms with Crippen LogP contribution in [-0.4, -0.2) is 41.1 Å². The molecule has 3 unspecified atom stereocenters. The van der Waals surface area contributed by atoms with E-state index in [0.717, 1.165) is 19.4 Å². The Bertz CT molecular complexity index is 220. The number of aliphatic hydroxyl groups is 1. The van der Waals surface area contributed by atoms with Gasteiger partial charge in [-0.1, -0.05) is 13.8 Å². The van der Waals surface area contributed by atoms with Crippen molar-refractivity contribution in [1.82, 2.24) is 4.90 Å². The van der Waals surface area contributed by atoms with Crippen molar-refractivity contribution in [2.75, 3.05) is 13.2 Å². The summed E-state index contributed by atoms with van der Waals surface area (Å²) in [6, 6.07) is 0.582. The van der Waals surface area contributed by atoms with E-state index in [-0.39, 0.29) is 18.5 Å². The van der Waals surface area contributed by atoms with Crippen LogP contribution in [0.25, 0.3) is 0 Å². The summed E-state index contributed by atoms with van der Waals surface area (Å²) >= 11 is 0. The van der Waals surface area contributed by atoms with Gasteiger partial charge in [0.1, 0.15) is 0 Å². The van der Waals surface area contributed by atoms with Gasteiger partial charge in [0, 0.05) is 18.5 Å². The van der Waals surface area contributed by atoms with Gasteiger partial charge < -0.3 is 10.8 Å². The van der Waals surface area contributed by atoms with E-state index in [0.29, 0.717) is 18.4 Å². The number of hydrogen-bond acceptors (Lipinski definition) is 3. The van der Waals surface area contributed by atoms with Crippen molar-refractivity contribution in [1.29, 1.82) is 5.41 Å². The summed E-state index contributed by atoms with van der Waals surface area (Å²) in [4.78, 5) is 2.33. The van der Waals surface area contributed by atoms with Crippen LogP contribution < -0.4 is 5.73 Å². The lowest BCUT2D eigenvalue weighted by Gasteiger charge is -2.32. The molecular weight excluding hydrogens is 190 g/mol. The van der Waals surface area contributed by atoms with Gasteiger partial charge in [-0.25, -0.2) is 0 Å². The molecule has 0 bridgehead atoms. The Morgan fingerprint density at radius 2 is 2.33 bits per heavy atom. The molecule has 1 saturated heterocycles. The van der Waals surface area contributed by atoms with E-state index in [1.54, 1.807) is 0 Å². The molecule has 0 radical (unpaired) electrons. The van der Waals surface area contributed by atoms with Crippen LogP contribution in [0.15, 0.2) is 0 Å². The van der Waals surface area contributed by atoms with Gasteiger partial charge in [0.2, 0.25) is 0 Å². The van der Waals surface area contributed by atoms with Crippen molar-refractivity contribution in [3.05, 3.63) is 0 Å². The number of likely N-dealkylation sites (tertiary alicyclic amines) is 1. The molecule has 0 aromatic heterocycles. The normalized spacial score (nSPS) is 29.3. The Labute approximate surface area is 92.0 Å². The number of hydrogen-bond donors (Lipinski definition) is 3. The maximum atomic E-state index is 9.36. The molecule has 0 saturated carbocycles. The predicted octanol–water partition coefficient (Wildman–Crippen LogP) is 0.794. The molecule has 0 aromatic rings. The molecule has 1 heterocycles. The number of nitrogens with zero attached hydrogens (tertiary/aromatic N) is 1. The first kappa shape index (κ1) is 12.5. The fourth-order valence-corrected chi connectivity index (χ4v) is 2.53. The minimum absolute atomic E-state index is 0.218. The Morgan fingerprint density at radius 3 is 2.80 bits per heavy atom. The van der Waals surface area contributed by atoms with Crippen LogP contribution in [-0.2, 0) is 0 Å². The first-order chi connectivity index (χ1) is 7.10. The van der Waals surface area contributed by atoms with E-state index in [1.807, 2.05) is 0 Å². The number of amidine groups is 1. The molecule has 1 aliphatic rings. The second kappa shape index (κ2) is 5.47. The molecule has 1 rings (SSSR count). The average Bonchev–Trinajstić information content (AvgIpc) is 2.55. The van der Waals surface area contributed by atoms with Gasteiger partial charge in [0.25, 0.3) is 0 Å². The van der Waals surface area contributed by atoms with E-state index < -0.39 is 0 Å². The zero-order valence-corrected chi connectivity index (χ0v) is 9.74. The Kier molecular flexibility index (Phi) is 4.54. The molecule has 1 aliphatic heterocycles. The van der Waals surface area contributed by atoms with Crippen LogP contribution in [0.3, 0.4) is 0 Å². The fourth-order valence-electron chi connectivity index (χ4n) is 2.53. The van der Waals surface area contributed by atoms with Gasteiger partial charge in [-0.05, 0) is 25.3 Å².